The Hall–Kier alpha value is -4.83. The Labute approximate surface area is 221 Å². The molecule has 0 aliphatic carbocycles. The van der Waals surface area contributed by atoms with E-state index in [1.165, 1.54) is 49.6 Å². The van der Waals surface area contributed by atoms with Gasteiger partial charge in [-0.3, -0.25) is 9.78 Å². The molecule has 0 radical (unpaired) electrons. The lowest BCUT2D eigenvalue weighted by Gasteiger charge is -2.14. The van der Waals surface area contributed by atoms with Gasteiger partial charge in [0.25, 0.3) is 5.91 Å². The van der Waals surface area contributed by atoms with Crippen LogP contribution in [0.4, 0.5) is 19.0 Å². The summed E-state index contributed by atoms with van der Waals surface area (Å²) in [4.78, 5) is 26.8. The standard InChI is InChI=1S/C26H22F3N7O3/c1-15-33-24(35-39-15)16-4-6-19(20(10-16)26(27,28)29)21-7-5-17(13-31-21)25(37)34-23-11-22(18(12-30)14-32-23)38-9-8-36(2)3/h4-7,10-11,13-14H,8-9H2,1-3H3,(H,32,34,37). The third-order valence-electron chi connectivity index (χ3n) is 5.44. The molecule has 0 saturated carbocycles. The molecule has 0 aliphatic heterocycles. The number of carbonyl (C=O) groups excluding carboxylic acids is 1. The molecule has 4 aromatic rings. The van der Waals surface area contributed by atoms with Crippen molar-refractivity contribution in [3.05, 3.63) is 71.4 Å². The van der Waals surface area contributed by atoms with Crippen molar-refractivity contribution in [2.75, 3.05) is 32.6 Å². The van der Waals surface area contributed by atoms with E-state index in [-0.39, 0.29) is 51.2 Å². The minimum Gasteiger partial charge on any atom is -0.491 e. The van der Waals surface area contributed by atoms with Crippen LogP contribution in [0.15, 0.2) is 53.3 Å². The Balaban J connectivity index is 1.54. The van der Waals surface area contributed by atoms with E-state index in [9.17, 15) is 23.2 Å². The number of halogens is 3. The minimum absolute atomic E-state index is 0.0165. The number of nitrogens with one attached hydrogen (secondary N) is 1. The van der Waals surface area contributed by atoms with Gasteiger partial charge in [-0.1, -0.05) is 17.3 Å². The SMILES string of the molecule is Cc1nc(-c2ccc(-c3ccc(C(=O)Nc4cc(OCCN(C)C)c(C#N)cn4)cn3)c(C(F)(F)F)c2)no1. The van der Waals surface area contributed by atoms with Gasteiger partial charge in [0, 0.05) is 36.9 Å². The number of ether oxygens (including phenoxy) is 1. The maximum absolute atomic E-state index is 13.9. The van der Waals surface area contributed by atoms with Crippen LogP contribution >= 0.6 is 0 Å². The fraction of sp³-hybridized carbons (Fsp3) is 0.231. The van der Waals surface area contributed by atoms with Crippen molar-refractivity contribution in [2.45, 2.75) is 13.1 Å². The summed E-state index contributed by atoms with van der Waals surface area (Å²) in [6, 6.07) is 9.71. The van der Waals surface area contributed by atoms with Crippen molar-refractivity contribution >= 4 is 11.7 Å². The number of nitrogens with zero attached hydrogens (tertiary/aromatic N) is 6. The Bertz CT molecular complexity index is 1530. The Morgan fingerprint density at radius 2 is 1.95 bits per heavy atom. The molecule has 3 heterocycles. The summed E-state index contributed by atoms with van der Waals surface area (Å²) in [5.74, 6) is 0.0609. The molecule has 39 heavy (non-hydrogen) atoms. The van der Waals surface area contributed by atoms with E-state index in [0.29, 0.717) is 13.2 Å². The van der Waals surface area contributed by atoms with Crippen LogP contribution in [0.1, 0.15) is 27.4 Å². The number of anilines is 1. The van der Waals surface area contributed by atoms with Crippen LogP contribution in [0.25, 0.3) is 22.6 Å². The topological polar surface area (TPSA) is 130 Å². The zero-order valence-electron chi connectivity index (χ0n) is 21.1. The van der Waals surface area contributed by atoms with Crippen molar-refractivity contribution in [1.29, 1.82) is 5.26 Å². The minimum atomic E-state index is -4.69. The molecule has 0 saturated heterocycles. The van der Waals surface area contributed by atoms with Crippen LogP contribution in [-0.4, -0.2) is 58.2 Å². The molecule has 1 amide bonds. The quantitative estimate of drug-likeness (QED) is 0.343. The van der Waals surface area contributed by atoms with Crippen LogP contribution in [0.5, 0.6) is 5.75 Å². The number of carbonyl (C=O) groups is 1. The van der Waals surface area contributed by atoms with Crippen molar-refractivity contribution in [3.8, 4) is 34.5 Å². The van der Waals surface area contributed by atoms with Crippen LogP contribution in [0, 0.1) is 18.3 Å². The normalized spacial score (nSPS) is 11.3. The lowest BCUT2D eigenvalue weighted by Crippen LogP contribution is -2.20. The zero-order valence-corrected chi connectivity index (χ0v) is 21.1. The molecule has 0 unspecified atom stereocenters. The summed E-state index contributed by atoms with van der Waals surface area (Å²) in [7, 11) is 3.75. The maximum atomic E-state index is 13.9. The summed E-state index contributed by atoms with van der Waals surface area (Å²) in [5, 5.41) is 15.5. The van der Waals surface area contributed by atoms with Crippen LogP contribution in [0.3, 0.4) is 0 Å². The van der Waals surface area contributed by atoms with Gasteiger partial charge in [-0.25, -0.2) is 4.98 Å². The van der Waals surface area contributed by atoms with Crippen LogP contribution in [-0.2, 0) is 6.18 Å². The number of aryl methyl sites for hydroxylation is 1. The molecule has 3 aromatic heterocycles. The Morgan fingerprint density at radius 1 is 1.15 bits per heavy atom. The highest BCUT2D eigenvalue weighted by Gasteiger charge is 2.34. The summed E-state index contributed by atoms with van der Waals surface area (Å²) in [5.41, 5.74) is -0.657. The third-order valence-corrected chi connectivity index (χ3v) is 5.44. The molecule has 4 rings (SSSR count). The zero-order chi connectivity index (χ0) is 28.2. The molecule has 0 bridgehead atoms. The van der Waals surface area contributed by atoms with Crippen molar-refractivity contribution in [2.24, 2.45) is 0 Å². The fourth-order valence-corrected chi connectivity index (χ4v) is 3.48. The van der Waals surface area contributed by atoms with Crippen molar-refractivity contribution < 1.29 is 27.2 Å². The average molecular weight is 538 g/mol. The first-order valence-electron chi connectivity index (χ1n) is 11.5. The third kappa shape index (κ3) is 6.55. The van der Waals surface area contributed by atoms with E-state index in [1.807, 2.05) is 25.1 Å². The van der Waals surface area contributed by atoms with E-state index in [2.05, 4.69) is 25.4 Å². The predicted molar refractivity (Wildman–Crippen MR) is 134 cm³/mol. The van der Waals surface area contributed by atoms with Gasteiger partial charge in [0.05, 0.1) is 23.0 Å². The van der Waals surface area contributed by atoms with Gasteiger partial charge in [-0.15, -0.1) is 0 Å². The molecule has 1 N–H and O–H groups in total. The summed E-state index contributed by atoms with van der Waals surface area (Å²) in [6.45, 7) is 2.47. The lowest BCUT2D eigenvalue weighted by atomic mass is 9.99. The van der Waals surface area contributed by atoms with E-state index >= 15 is 0 Å². The van der Waals surface area contributed by atoms with Gasteiger partial charge in [0.2, 0.25) is 11.7 Å². The summed E-state index contributed by atoms with van der Waals surface area (Å²) in [6.07, 6.45) is -2.24. The van der Waals surface area contributed by atoms with Gasteiger partial charge in [0.15, 0.2) is 0 Å². The Kier molecular flexibility index (Phi) is 7.87. The van der Waals surface area contributed by atoms with Crippen molar-refractivity contribution in [1.82, 2.24) is 25.0 Å². The lowest BCUT2D eigenvalue weighted by molar-refractivity contribution is -0.137. The number of benzene rings is 1. The first kappa shape index (κ1) is 27.2. The first-order chi connectivity index (χ1) is 18.5. The van der Waals surface area contributed by atoms with E-state index in [0.717, 1.165) is 6.07 Å². The van der Waals surface area contributed by atoms with Crippen molar-refractivity contribution in [3.63, 3.8) is 0 Å². The summed E-state index contributed by atoms with van der Waals surface area (Å²) < 4.78 is 52.2. The van der Waals surface area contributed by atoms with Gasteiger partial charge < -0.3 is 19.5 Å². The van der Waals surface area contributed by atoms with Gasteiger partial charge >= 0.3 is 6.18 Å². The molecule has 10 nitrogen and oxygen atoms in total. The number of nitriles is 1. The molecule has 1 aromatic carbocycles. The largest absolute Gasteiger partial charge is 0.491 e. The predicted octanol–water partition coefficient (Wildman–Crippen LogP) is 4.59. The van der Waals surface area contributed by atoms with Crippen LogP contribution in [0.2, 0.25) is 0 Å². The number of hydrogen-bond acceptors (Lipinski definition) is 9. The number of amides is 1. The fourth-order valence-electron chi connectivity index (χ4n) is 3.48. The van der Waals surface area contributed by atoms with Gasteiger partial charge in [-0.2, -0.15) is 23.4 Å². The monoisotopic (exact) mass is 537 g/mol. The first-order valence-corrected chi connectivity index (χ1v) is 11.5. The summed E-state index contributed by atoms with van der Waals surface area (Å²) >= 11 is 0. The molecule has 13 heteroatoms. The number of hydrogen-bond donors (Lipinski definition) is 1. The maximum Gasteiger partial charge on any atom is 0.417 e. The second kappa shape index (κ2) is 11.3. The second-order valence-electron chi connectivity index (χ2n) is 8.61. The molecule has 0 spiro atoms. The number of alkyl halides is 3. The highest BCUT2D eigenvalue weighted by Crippen LogP contribution is 2.38. The highest BCUT2D eigenvalue weighted by atomic mass is 19.4. The Morgan fingerprint density at radius 3 is 2.56 bits per heavy atom. The smallest absolute Gasteiger partial charge is 0.417 e. The average Bonchev–Trinajstić information content (AvgIpc) is 3.34. The second-order valence-corrected chi connectivity index (χ2v) is 8.61. The molecule has 200 valence electrons. The number of likely N-dealkylation sites (N-methyl/N-ethyl adjacent to an activating group) is 1. The van der Waals surface area contributed by atoms with Gasteiger partial charge in [0.1, 0.15) is 29.8 Å². The molecule has 0 aliphatic rings. The van der Waals surface area contributed by atoms with Gasteiger partial charge in [-0.05, 0) is 32.3 Å². The van der Waals surface area contributed by atoms with E-state index < -0.39 is 17.6 Å². The molecule has 0 atom stereocenters. The molecular formula is C26H22F3N7O3. The molecular weight excluding hydrogens is 515 g/mol. The molecule has 0 fully saturated rings. The number of rotatable bonds is 8. The van der Waals surface area contributed by atoms with E-state index in [4.69, 9.17) is 9.26 Å². The highest BCUT2D eigenvalue weighted by molar-refractivity contribution is 6.03. The number of aromatic nitrogens is 4. The van der Waals surface area contributed by atoms with Crippen LogP contribution < -0.4 is 10.1 Å². The van der Waals surface area contributed by atoms with E-state index in [1.54, 1.807) is 0 Å². The number of pyridine rings is 2.